The van der Waals surface area contributed by atoms with Crippen molar-refractivity contribution in [1.29, 1.82) is 0 Å². The molecule has 1 atom stereocenters. The molecule has 0 bridgehead atoms. The zero-order valence-electron chi connectivity index (χ0n) is 11.2. The highest BCUT2D eigenvalue weighted by molar-refractivity contribution is 5.78. The van der Waals surface area contributed by atoms with Crippen LogP contribution in [0.2, 0.25) is 0 Å². The van der Waals surface area contributed by atoms with Crippen molar-refractivity contribution in [3.8, 4) is 0 Å². The zero-order valence-corrected chi connectivity index (χ0v) is 11.2. The molecule has 1 saturated carbocycles. The molecule has 0 spiro atoms. The van der Waals surface area contributed by atoms with E-state index in [2.05, 4.69) is 10.6 Å². The van der Waals surface area contributed by atoms with Crippen molar-refractivity contribution >= 4 is 11.9 Å². The molecule has 0 saturated heterocycles. The van der Waals surface area contributed by atoms with Crippen molar-refractivity contribution in [3.63, 3.8) is 0 Å². The van der Waals surface area contributed by atoms with Crippen LogP contribution in [0.4, 0.5) is 0 Å². The first-order valence-corrected chi connectivity index (χ1v) is 6.78. The first kappa shape index (κ1) is 15.0. The normalized spacial score (nSPS) is 25.4. The molecule has 1 amide bonds. The van der Waals surface area contributed by atoms with E-state index in [9.17, 15) is 9.59 Å². The average Bonchev–Trinajstić information content (AvgIpc) is 2.36. The Morgan fingerprint density at radius 2 is 1.89 bits per heavy atom. The molecular weight excluding hydrogens is 232 g/mol. The summed E-state index contributed by atoms with van der Waals surface area (Å²) in [6, 6.07) is 0.150. The summed E-state index contributed by atoms with van der Waals surface area (Å²) in [4.78, 5) is 22.7. The van der Waals surface area contributed by atoms with Gasteiger partial charge in [0.05, 0.1) is 5.92 Å². The maximum atomic E-state index is 11.9. The Bertz CT molecular complexity index is 286. The van der Waals surface area contributed by atoms with E-state index < -0.39 is 5.97 Å². The van der Waals surface area contributed by atoms with Gasteiger partial charge in [0.25, 0.3) is 0 Å². The van der Waals surface area contributed by atoms with Crippen LogP contribution in [0, 0.1) is 11.8 Å². The molecule has 1 aliphatic rings. The molecule has 0 heterocycles. The molecule has 0 aromatic heterocycles. The minimum atomic E-state index is -0.708. The average molecular weight is 256 g/mol. The van der Waals surface area contributed by atoms with Crippen molar-refractivity contribution < 1.29 is 14.7 Å². The van der Waals surface area contributed by atoms with Gasteiger partial charge in [0, 0.05) is 18.5 Å². The summed E-state index contributed by atoms with van der Waals surface area (Å²) in [5.41, 5.74) is 0. The predicted octanol–water partition coefficient (Wildman–Crippen LogP) is 0.992. The van der Waals surface area contributed by atoms with Crippen LogP contribution in [0.25, 0.3) is 0 Å². The van der Waals surface area contributed by atoms with E-state index in [4.69, 9.17) is 5.11 Å². The fourth-order valence-corrected chi connectivity index (χ4v) is 2.28. The van der Waals surface area contributed by atoms with E-state index in [1.165, 1.54) is 0 Å². The number of hydrogen-bond acceptors (Lipinski definition) is 3. The second kappa shape index (κ2) is 7.36. The van der Waals surface area contributed by atoms with Gasteiger partial charge in [-0.05, 0) is 32.2 Å². The van der Waals surface area contributed by atoms with E-state index in [1.807, 2.05) is 13.8 Å². The summed E-state index contributed by atoms with van der Waals surface area (Å²) in [5, 5.41) is 15.1. The molecule has 18 heavy (non-hydrogen) atoms. The molecule has 0 aliphatic heterocycles. The highest BCUT2D eigenvalue weighted by Crippen LogP contribution is 2.24. The number of aliphatic carboxylic acids is 1. The largest absolute Gasteiger partial charge is 0.481 e. The maximum Gasteiger partial charge on any atom is 0.306 e. The molecule has 1 aliphatic carbocycles. The lowest BCUT2D eigenvalue weighted by Crippen LogP contribution is -2.43. The molecule has 3 N–H and O–H groups in total. The van der Waals surface area contributed by atoms with Crippen molar-refractivity contribution in [3.05, 3.63) is 0 Å². The van der Waals surface area contributed by atoms with Gasteiger partial charge in [-0.3, -0.25) is 9.59 Å². The van der Waals surface area contributed by atoms with Crippen LogP contribution in [0.5, 0.6) is 0 Å². The molecule has 0 aromatic rings. The highest BCUT2D eigenvalue weighted by Gasteiger charge is 2.27. The van der Waals surface area contributed by atoms with Crippen molar-refractivity contribution in [2.45, 2.75) is 45.6 Å². The third-order valence-corrected chi connectivity index (χ3v) is 3.57. The van der Waals surface area contributed by atoms with Crippen LogP contribution in [0.1, 0.15) is 39.5 Å². The second-order valence-electron chi connectivity index (χ2n) is 5.10. The molecule has 1 unspecified atom stereocenters. The lowest BCUT2D eigenvalue weighted by atomic mass is 9.86. The fourth-order valence-electron chi connectivity index (χ4n) is 2.28. The van der Waals surface area contributed by atoms with Gasteiger partial charge >= 0.3 is 5.97 Å². The van der Waals surface area contributed by atoms with E-state index in [1.54, 1.807) is 0 Å². The van der Waals surface area contributed by atoms with Crippen LogP contribution < -0.4 is 10.6 Å². The van der Waals surface area contributed by atoms with Crippen molar-refractivity contribution in [2.75, 3.05) is 13.1 Å². The number of carboxylic acid groups (broad SMARTS) is 1. The van der Waals surface area contributed by atoms with Crippen LogP contribution in [0.3, 0.4) is 0 Å². The number of amides is 1. The van der Waals surface area contributed by atoms with Crippen LogP contribution in [0.15, 0.2) is 0 Å². The molecule has 1 fully saturated rings. The Labute approximate surface area is 108 Å². The molecular formula is C13H24N2O3. The Balaban J connectivity index is 2.27. The van der Waals surface area contributed by atoms with Gasteiger partial charge in [-0.25, -0.2) is 0 Å². The van der Waals surface area contributed by atoms with Crippen LogP contribution >= 0.6 is 0 Å². The Hall–Kier alpha value is -1.10. The Kier molecular flexibility index (Phi) is 6.12. The number of nitrogens with one attached hydrogen (secondary N) is 2. The number of carbonyl (C=O) groups excluding carboxylic acids is 1. The van der Waals surface area contributed by atoms with Crippen LogP contribution in [-0.4, -0.2) is 36.1 Å². The minimum absolute atomic E-state index is 0.0397. The van der Waals surface area contributed by atoms with Gasteiger partial charge in [0.2, 0.25) is 5.91 Å². The molecule has 1 rings (SSSR count). The van der Waals surface area contributed by atoms with Crippen molar-refractivity contribution in [1.82, 2.24) is 10.6 Å². The summed E-state index contributed by atoms with van der Waals surface area (Å²) < 4.78 is 0. The summed E-state index contributed by atoms with van der Waals surface area (Å²) in [5.74, 6) is -0.908. The number of hydrogen-bond donors (Lipinski definition) is 3. The van der Waals surface area contributed by atoms with Gasteiger partial charge in [-0.1, -0.05) is 13.8 Å². The SMILES string of the molecule is CCNCC(C)C(=O)NC1CCC(C(=O)O)CC1. The van der Waals surface area contributed by atoms with Gasteiger partial charge in [0.15, 0.2) is 0 Å². The summed E-state index contributed by atoms with van der Waals surface area (Å²) >= 11 is 0. The van der Waals surface area contributed by atoms with Crippen molar-refractivity contribution in [2.24, 2.45) is 11.8 Å². The van der Waals surface area contributed by atoms with E-state index in [0.29, 0.717) is 19.4 Å². The predicted molar refractivity (Wildman–Crippen MR) is 69.2 cm³/mol. The smallest absolute Gasteiger partial charge is 0.306 e. The first-order valence-electron chi connectivity index (χ1n) is 6.78. The van der Waals surface area contributed by atoms with Gasteiger partial charge in [0.1, 0.15) is 0 Å². The third kappa shape index (κ3) is 4.64. The number of carboxylic acids is 1. The van der Waals surface area contributed by atoms with E-state index >= 15 is 0 Å². The first-order chi connectivity index (χ1) is 8.54. The number of rotatable bonds is 6. The van der Waals surface area contributed by atoms with Gasteiger partial charge in [-0.15, -0.1) is 0 Å². The van der Waals surface area contributed by atoms with Gasteiger partial charge < -0.3 is 15.7 Å². The Morgan fingerprint density at radius 1 is 1.28 bits per heavy atom. The summed E-state index contributed by atoms with van der Waals surface area (Å²) in [6.45, 7) is 5.47. The minimum Gasteiger partial charge on any atom is -0.481 e. The zero-order chi connectivity index (χ0) is 13.5. The van der Waals surface area contributed by atoms with Crippen LogP contribution in [-0.2, 0) is 9.59 Å². The van der Waals surface area contributed by atoms with Gasteiger partial charge in [-0.2, -0.15) is 0 Å². The fraction of sp³-hybridized carbons (Fsp3) is 0.846. The number of carbonyl (C=O) groups is 2. The van der Waals surface area contributed by atoms with E-state index in [0.717, 1.165) is 19.4 Å². The summed E-state index contributed by atoms with van der Waals surface area (Å²) in [6.07, 6.45) is 2.89. The standard InChI is InChI=1S/C13H24N2O3/c1-3-14-8-9(2)12(16)15-11-6-4-10(5-7-11)13(17)18/h9-11,14H,3-8H2,1-2H3,(H,15,16)(H,17,18). The molecule has 0 aromatic carbocycles. The molecule has 104 valence electrons. The lowest BCUT2D eigenvalue weighted by molar-refractivity contribution is -0.142. The third-order valence-electron chi connectivity index (χ3n) is 3.57. The second-order valence-corrected chi connectivity index (χ2v) is 5.10. The Morgan fingerprint density at radius 3 is 2.39 bits per heavy atom. The van der Waals surface area contributed by atoms with E-state index in [-0.39, 0.29) is 23.8 Å². The molecule has 0 radical (unpaired) electrons. The monoisotopic (exact) mass is 256 g/mol. The molecule has 5 heteroatoms. The topological polar surface area (TPSA) is 78.4 Å². The molecule has 5 nitrogen and oxygen atoms in total. The quantitative estimate of drug-likeness (QED) is 0.662. The maximum absolute atomic E-state index is 11.9. The summed E-state index contributed by atoms with van der Waals surface area (Å²) in [7, 11) is 0. The lowest BCUT2D eigenvalue weighted by Gasteiger charge is -2.27. The highest BCUT2D eigenvalue weighted by atomic mass is 16.4.